The van der Waals surface area contributed by atoms with Gasteiger partial charge in [0.25, 0.3) is 0 Å². The average Bonchev–Trinajstić information content (AvgIpc) is 2.53. The molecule has 17 heavy (non-hydrogen) atoms. The summed E-state index contributed by atoms with van der Waals surface area (Å²) in [5, 5.41) is 7.25. The lowest BCUT2D eigenvalue weighted by molar-refractivity contribution is -0.140. The monoisotopic (exact) mass is 240 g/mol. The van der Waals surface area contributed by atoms with E-state index in [2.05, 4.69) is 17.3 Å². The van der Waals surface area contributed by atoms with Crippen molar-refractivity contribution in [2.24, 2.45) is 7.05 Å². The molecule has 6 heteroatoms. The maximum absolute atomic E-state index is 11.2. The van der Waals surface area contributed by atoms with Gasteiger partial charge >= 0.3 is 5.97 Å². The highest BCUT2D eigenvalue weighted by atomic mass is 16.5. The highest BCUT2D eigenvalue weighted by Crippen LogP contribution is 2.22. The Bertz CT molecular complexity index is 387. The number of anilines is 2. The highest BCUT2D eigenvalue weighted by molar-refractivity contribution is 5.77. The quantitative estimate of drug-likeness (QED) is 0.723. The summed E-state index contributed by atoms with van der Waals surface area (Å²) < 4.78 is 6.48. The number of carbonyl (C=O) groups excluding carboxylic acids is 1. The highest BCUT2D eigenvalue weighted by Gasteiger charge is 2.13. The Hall–Kier alpha value is -1.72. The van der Waals surface area contributed by atoms with E-state index < -0.39 is 0 Å². The maximum Gasteiger partial charge on any atom is 0.325 e. The molecule has 0 aromatic carbocycles. The predicted octanol–water partition coefficient (Wildman–Crippen LogP) is 0.930. The van der Waals surface area contributed by atoms with Crippen LogP contribution in [0.25, 0.3) is 0 Å². The molecule has 0 unspecified atom stereocenters. The average molecular weight is 240 g/mol. The van der Waals surface area contributed by atoms with E-state index in [0.29, 0.717) is 18.1 Å². The molecule has 0 bridgehead atoms. The summed E-state index contributed by atoms with van der Waals surface area (Å²) in [5.74, 6) is 0.367. The lowest BCUT2D eigenvalue weighted by atomic mass is 10.2. The summed E-state index contributed by atoms with van der Waals surface area (Å²) in [6, 6.07) is 0. The zero-order valence-corrected chi connectivity index (χ0v) is 10.6. The van der Waals surface area contributed by atoms with Crippen molar-refractivity contribution in [2.75, 3.05) is 24.2 Å². The maximum atomic E-state index is 11.2. The number of aromatic nitrogens is 2. The summed E-state index contributed by atoms with van der Waals surface area (Å²) >= 11 is 0. The Morgan fingerprint density at radius 3 is 2.82 bits per heavy atom. The lowest BCUT2D eigenvalue weighted by Crippen LogP contribution is -2.18. The molecular formula is C11H20N4O2. The molecule has 0 saturated carbocycles. The molecule has 0 amide bonds. The van der Waals surface area contributed by atoms with Crippen LogP contribution in [0.15, 0.2) is 0 Å². The number of carbonyl (C=O) groups is 1. The van der Waals surface area contributed by atoms with E-state index in [9.17, 15) is 4.79 Å². The summed E-state index contributed by atoms with van der Waals surface area (Å²) in [4.78, 5) is 11.2. The smallest absolute Gasteiger partial charge is 0.325 e. The van der Waals surface area contributed by atoms with Crippen LogP contribution < -0.4 is 11.1 Å². The molecule has 0 spiro atoms. The van der Waals surface area contributed by atoms with Crippen molar-refractivity contribution in [3.8, 4) is 0 Å². The van der Waals surface area contributed by atoms with Gasteiger partial charge in [-0.15, -0.1) is 0 Å². The Balaban J connectivity index is 2.67. The number of ether oxygens (including phenoxy) is 1. The van der Waals surface area contributed by atoms with Gasteiger partial charge in [-0.1, -0.05) is 13.3 Å². The predicted molar refractivity (Wildman–Crippen MR) is 66.7 cm³/mol. The number of esters is 1. The number of hydrogen-bond donors (Lipinski definition) is 2. The van der Waals surface area contributed by atoms with E-state index in [1.807, 2.05) is 0 Å². The number of nitrogen functional groups attached to an aromatic ring is 1. The van der Waals surface area contributed by atoms with Crippen LogP contribution in [0.4, 0.5) is 11.5 Å². The first-order valence-corrected chi connectivity index (χ1v) is 5.80. The van der Waals surface area contributed by atoms with Gasteiger partial charge in [-0.05, 0) is 13.3 Å². The standard InChI is InChI=1S/C11H20N4O2/c1-4-6-8-10(12)11(15(3)14-8)13-7-9(16)17-5-2/h13H,4-7,12H2,1-3H3. The Morgan fingerprint density at radius 1 is 1.53 bits per heavy atom. The second-order valence-corrected chi connectivity index (χ2v) is 3.74. The van der Waals surface area contributed by atoms with Gasteiger partial charge in [0.15, 0.2) is 0 Å². The molecule has 3 N–H and O–H groups in total. The van der Waals surface area contributed by atoms with Crippen LogP contribution in [-0.2, 0) is 23.0 Å². The number of nitrogens with one attached hydrogen (secondary N) is 1. The molecule has 0 atom stereocenters. The van der Waals surface area contributed by atoms with E-state index in [-0.39, 0.29) is 12.5 Å². The van der Waals surface area contributed by atoms with Crippen molar-refractivity contribution < 1.29 is 9.53 Å². The third kappa shape index (κ3) is 3.37. The number of hydrogen-bond acceptors (Lipinski definition) is 5. The van der Waals surface area contributed by atoms with Crippen LogP contribution >= 0.6 is 0 Å². The molecular weight excluding hydrogens is 220 g/mol. The van der Waals surface area contributed by atoms with Crippen molar-refractivity contribution in [1.82, 2.24) is 9.78 Å². The zero-order valence-electron chi connectivity index (χ0n) is 10.6. The van der Waals surface area contributed by atoms with E-state index in [1.165, 1.54) is 0 Å². The van der Waals surface area contributed by atoms with Crippen molar-refractivity contribution in [1.29, 1.82) is 0 Å². The molecule has 96 valence electrons. The second-order valence-electron chi connectivity index (χ2n) is 3.74. The molecule has 6 nitrogen and oxygen atoms in total. The third-order valence-corrected chi connectivity index (χ3v) is 2.35. The molecule has 0 aliphatic heterocycles. The van der Waals surface area contributed by atoms with Crippen molar-refractivity contribution in [2.45, 2.75) is 26.7 Å². The van der Waals surface area contributed by atoms with Crippen molar-refractivity contribution >= 4 is 17.5 Å². The van der Waals surface area contributed by atoms with Crippen LogP contribution in [-0.4, -0.2) is 28.9 Å². The van der Waals surface area contributed by atoms with Gasteiger partial charge in [0, 0.05) is 7.05 Å². The molecule has 0 fully saturated rings. The van der Waals surface area contributed by atoms with E-state index >= 15 is 0 Å². The first-order chi connectivity index (χ1) is 8.10. The van der Waals surface area contributed by atoms with Gasteiger partial charge in [-0.2, -0.15) is 5.10 Å². The first-order valence-electron chi connectivity index (χ1n) is 5.80. The zero-order chi connectivity index (χ0) is 12.8. The molecule has 1 heterocycles. The minimum absolute atomic E-state index is 0.100. The number of nitrogens with two attached hydrogens (primary N) is 1. The molecule has 0 aliphatic carbocycles. The fourth-order valence-electron chi connectivity index (χ4n) is 1.59. The van der Waals surface area contributed by atoms with Gasteiger partial charge < -0.3 is 15.8 Å². The fraction of sp³-hybridized carbons (Fsp3) is 0.636. The molecule has 1 aromatic heterocycles. The molecule has 1 aromatic rings. The molecule has 0 radical (unpaired) electrons. The number of aryl methyl sites for hydroxylation is 2. The Labute approximate surface area is 101 Å². The Morgan fingerprint density at radius 2 is 2.24 bits per heavy atom. The Kier molecular flexibility index (Phi) is 4.81. The van der Waals surface area contributed by atoms with Crippen molar-refractivity contribution in [3.05, 3.63) is 5.69 Å². The topological polar surface area (TPSA) is 82.2 Å². The van der Waals surface area contributed by atoms with E-state index in [1.54, 1.807) is 18.7 Å². The second kappa shape index (κ2) is 6.12. The fourth-order valence-corrected chi connectivity index (χ4v) is 1.59. The summed E-state index contributed by atoms with van der Waals surface area (Å²) in [6.07, 6.45) is 1.82. The van der Waals surface area contributed by atoms with E-state index in [4.69, 9.17) is 10.5 Å². The molecule has 1 rings (SSSR count). The van der Waals surface area contributed by atoms with E-state index in [0.717, 1.165) is 18.5 Å². The van der Waals surface area contributed by atoms with Crippen LogP contribution in [0.2, 0.25) is 0 Å². The molecule has 0 aliphatic rings. The van der Waals surface area contributed by atoms with Gasteiger partial charge in [-0.25, -0.2) is 0 Å². The van der Waals surface area contributed by atoms with Gasteiger partial charge in [0.1, 0.15) is 12.4 Å². The largest absolute Gasteiger partial charge is 0.465 e. The SMILES string of the molecule is CCCc1nn(C)c(NCC(=O)OCC)c1N. The van der Waals surface area contributed by atoms with Crippen LogP contribution in [0.1, 0.15) is 26.0 Å². The van der Waals surface area contributed by atoms with Crippen LogP contribution in [0.5, 0.6) is 0 Å². The molecule has 0 saturated heterocycles. The normalized spacial score (nSPS) is 10.3. The number of nitrogens with zero attached hydrogens (tertiary/aromatic N) is 2. The van der Waals surface area contributed by atoms with Crippen molar-refractivity contribution in [3.63, 3.8) is 0 Å². The summed E-state index contributed by atoms with van der Waals surface area (Å²) in [5.41, 5.74) is 7.42. The van der Waals surface area contributed by atoms with Crippen LogP contribution in [0.3, 0.4) is 0 Å². The van der Waals surface area contributed by atoms with Crippen LogP contribution in [0, 0.1) is 0 Å². The lowest BCUT2D eigenvalue weighted by Gasteiger charge is -2.06. The van der Waals surface area contributed by atoms with Gasteiger partial charge in [0.05, 0.1) is 18.0 Å². The minimum atomic E-state index is -0.301. The number of rotatable bonds is 6. The summed E-state index contributed by atoms with van der Waals surface area (Å²) in [7, 11) is 1.79. The van der Waals surface area contributed by atoms with Gasteiger partial charge in [-0.3, -0.25) is 9.48 Å². The first kappa shape index (κ1) is 13.3. The minimum Gasteiger partial charge on any atom is -0.465 e. The third-order valence-electron chi connectivity index (χ3n) is 2.35. The summed E-state index contributed by atoms with van der Waals surface area (Å²) in [6.45, 7) is 4.32. The van der Waals surface area contributed by atoms with Gasteiger partial charge in [0.2, 0.25) is 0 Å².